The molecule has 1 aromatic heterocycles. The Bertz CT molecular complexity index is 1120. The molecule has 2 rings (SSSR count). The van der Waals surface area contributed by atoms with Crippen LogP contribution in [-0.4, -0.2) is 62.7 Å². The lowest BCUT2D eigenvalue weighted by Crippen LogP contribution is -2.18. The molecule has 14 heteroatoms. The Hall–Kier alpha value is -2.94. The fourth-order valence-corrected chi connectivity index (χ4v) is 2.66. The molecule has 0 radical (unpaired) electrons. The molecular formula is C16H17NO11S2. The van der Waals surface area contributed by atoms with Gasteiger partial charge >= 0.3 is 12.1 Å². The number of carbonyl (C=O) groups is 2. The van der Waals surface area contributed by atoms with Crippen molar-refractivity contribution in [1.29, 1.82) is 0 Å². The smallest absolute Gasteiger partial charge is 0.411 e. The fraction of sp³-hybridized carbons (Fsp3) is 0.250. The molecule has 0 fully saturated rings. The number of carbonyl (C=O) groups excluding carboxylic acids is 2. The summed E-state index contributed by atoms with van der Waals surface area (Å²) in [5.41, 5.74) is 1.27. The summed E-state index contributed by atoms with van der Waals surface area (Å²) in [6, 6.07) is 7.60. The van der Waals surface area contributed by atoms with Gasteiger partial charge in [0.05, 0.1) is 6.26 Å². The fourth-order valence-electron chi connectivity index (χ4n) is 2.08. The second-order valence-corrected chi connectivity index (χ2v) is 8.89. The van der Waals surface area contributed by atoms with Crippen LogP contribution in [0.4, 0.5) is 10.5 Å². The van der Waals surface area contributed by atoms with Crippen LogP contribution in [0.2, 0.25) is 0 Å². The van der Waals surface area contributed by atoms with Gasteiger partial charge in [-0.1, -0.05) is 12.1 Å². The van der Waals surface area contributed by atoms with Crippen LogP contribution >= 0.6 is 0 Å². The normalized spacial score (nSPS) is 11.7. The van der Waals surface area contributed by atoms with Crippen molar-refractivity contribution in [3.63, 3.8) is 0 Å². The van der Waals surface area contributed by atoms with Gasteiger partial charge < -0.3 is 13.9 Å². The zero-order valence-electron chi connectivity index (χ0n) is 15.2. The Morgan fingerprint density at radius 1 is 0.933 bits per heavy atom. The molecule has 0 atom stereocenters. The van der Waals surface area contributed by atoms with E-state index in [-0.39, 0.29) is 5.76 Å². The summed E-state index contributed by atoms with van der Waals surface area (Å²) >= 11 is 0. The van der Waals surface area contributed by atoms with Gasteiger partial charge in [-0.15, -0.1) is 0 Å². The molecule has 0 spiro atoms. The second-order valence-electron chi connectivity index (χ2n) is 5.75. The van der Waals surface area contributed by atoms with E-state index in [4.69, 9.17) is 13.5 Å². The van der Waals surface area contributed by atoms with E-state index in [1.54, 1.807) is 12.1 Å². The van der Waals surface area contributed by atoms with Crippen LogP contribution in [0, 0.1) is 0 Å². The van der Waals surface area contributed by atoms with Crippen molar-refractivity contribution in [3.05, 3.63) is 42.4 Å². The third-order valence-electron chi connectivity index (χ3n) is 3.39. The number of amides is 1. The summed E-state index contributed by atoms with van der Waals surface area (Å²) in [4.78, 5) is 23.5. The first kappa shape index (κ1) is 23.3. The van der Waals surface area contributed by atoms with E-state index in [0.29, 0.717) is 16.8 Å². The molecule has 0 saturated carbocycles. The van der Waals surface area contributed by atoms with Gasteiger partial charge in [0.25, 0.3) is 20.2 Å². The lowest BCUT2D eigenvalue weighted by Gasteiger charge is -2.07. The number of benzene rings is 1. The summed E-state index contributed by atoms with van der Waals surface area (Å²) in [5, 5.41) is 2.37. The van der Waals surface area contributed by atoms with Crippen LogP contribution in [0.1, 0.15) is 10.6 Å². The lowest BCUT2D eigenvalue weighted by atomic mass is 10.1. The van der Waals surface area contributed by atoms with Crippen molar-refractivity contribution in [3.8, 4) is 11.1 Å². The number of furan rings is 1. The third-order valence-corrected chi connectivity index (χ3v) is 4.76. The third kappa shape index (κ3) is 8.20. The predicted molar refractivity (Wildman–Crippen MR) is 102 cm³/mol. The van der Waals surface area contributed by atoms with Crippen LogP contribution in [0.25, 0.3) is 11.1 Å². The van der Waals surface area contributed by atoms with Crippen molar-refractivity contribution in [2.45, 2.75) is 0 Å². The van der Waals surface area contributed by atoms with Gasteiger partial charge in [-0.05, 0) is 23.8 Å². The van der Waals surface area contributed by atoms with Gasteiger partial charge in [-0.2, -0.15) is 16.8 Å². The minimum absolute atomic E-state index is 0.205. The molecule has 12 nitrogen and oxygen atoms in total. The van der Waals surface area contributed by atoms with E-state index in [9.17, 15) is 26.4 Å². The molecule has 3 N–H and O–H groups in total. The Morgan fingerprint density at radius 3 is 2.20 bits per heavy atom. The van der Waals surface area contributed by atoms with Crippen molar-refractivity contribution in [1.82, 2.24) is 0 Å². The van der Waals surface area contributed by atoms with Gasteiger partial charge in [0, 0.05) is 11.3 Å². The highest BCUT2D eigenvalue weighted by atomic mass is 32.2. The number of rotatable bonds is 9. The van der Waals surface area contributed by atoms with Crippen LogP contribution < -0.4 is 5.32 Å². The van der Waals surface area contributed by atoms with Crippen molar-refractivity contribution < 1.29 is 49.4 Å². The van der Waals surface area contributed by atoms with E-state index < -0.39 is 57.0 Å². The minimum Gasteiger partial charge on any atom is -0.459 e. The Balaban J connectivity index is 1.97. The summed E-state index contributed by atoms with van der Waals surface area (Å²) < 4.78 is 74.0. The monoisotopic (exact) mass is 463 g/mol. The number of hydrogen-bond donors (Lipinski definition) is 3. The van der Waals surface area contributed by atoms with Gasteiger partial charge in [0.2, 0.25) is 5.76 Å². The standard InChI is InChI=1S/C16H17NO11S2/c18-15(26-4-6-29(20,21)22)14-9-12(10-28-14)11-2-1-3-13(8-11)17-16(19)27-5-7-30(23,24)25/h1-3,8-10H,4-7H2,(H,17,19)(H,20,21,22)(H,23,24,25). The first-order chi connectivity index (χ1) is 13.9. The molecule has 1 aromatic carbocycles. The minimum atomic E-state index is -4.26. The second kappa shape index (κ2) is 9.71. The first-order valence-electron chi connectivity index (χ1n) is 8.13. The maximum Gasteiger partial charge on any atom is 0.411 e. The molecule has 0 aliphatic rings. The van der Waals surface area contributed by atoms with Crippen LogP contribution in [0.15, 0.2) is 41.0 Å². The summed E-state index contributed by atoms with van der Waals surface area (Å²) in [6.07, 6.45) is 0.300. The number of nitrogens with one attached hydrogen (secondary N) is 1. The van der Waals surface area contributed by atoms with E-state index in [1.807, 2.05) is 0 Å². The van der Waals surface area contributed by atoms with Crippen molar-refractivity contribution in [2.75, 3.05) is 30.0 Å². The molecule has 30 heavy (non-hydrogen) atoms. The van der Waals surface area contributed by atoms with Crippen molar-refractivity contribution in [2.24, 2.45) is 0 Å². The molecule has 0 bridgehead atoms. The maximum atomic E-state index is 11.8. The highest BCUT2D eigenvalue weighted by Gasteiger charge is 2.16. The van der Waals surface area contributed by atoms with Crippen LogP contribution in [-0.2, 0) is 29.7 Å². The highest BCUT2D eigenvalue weighted by molar-refractivity contribution is 7.86. The SMILES string of the molecule is O=C(Nc1cccc(-c2coc(C(=O)OCCS(=O)(=O)O)c2)c1)OCCS(=O)(=O)O. The number of hydrogen-bond acceptors (Lipinski definition) is 9. The van der Waals surface area contributed by atoms with Gasteiger partial charge in [-0.3, -0.25) is 14.4 Å². The quantitative estimate of drug-likeness (QED) is 0.360. The Morgan fingerprint density at radius 2 is 1.57 bits per heavy atom. The average molecular weight is 463 g/mol. The Labute approximate surface area is 171 Å². The number of esters is 1. The summed E-state index contributed by atoms with van der Waals surface area (Å²) in [5.74, 6) is -2.62. The first-order valence-corrected chi connectivity index (χ1v) is 11.3. The molecule has 1 amide bonds. The maximum absolute atomic E-state index is 11.8. The topological polar surface area (TPSA) is 187 Å². The van der Waals surface area contributed by atoms with Gasteiger partial charge in [0.1, 0.15) is 24.7 Å². The van der Waals surface area contributed by atoms with Gasteiger partial charge in [0.15, 0.2) is 0 Å². The van der Waals surface area contributed by atoms with E-state index in [1.165, 1.54) is 24.5 Å². The zero-order valence-corrected chi connectivity index (χ0v) is 16.8. The highest BCUT2D eigenvalue weighted by Crippen LogP contribution is 2.25. The molecule has 164 valence electrons. The molecule has 2 aromatic rings. The van der Waals surface area contributed by atoms with E-state index in [2.05, 4.69) is 14.8 Å². The largest absolute Gasteiger partial charge is 0.459 e. The molecule has 0 saturated heterocycles. The molecular weight excluding hydrogens is 446 g/mol. The Kier molecular flexibility index (Phi) is 7.55. The number of ether oxygens (including phenoxy) is 2. The van der Waals surface area contributed by atoms with Crippen LogP contribution in [0.5, 0.6) is 0 Å². The van der Waals surface area contributed by atoms with Crippen molar-refractivity contribution >= 4 is 38.0 Å². The molecule has 0 unspecified atom stereocenters. The molecule has 1 heterocycles. The lowest BCUT2D eigenvalue weighted by molar-refractivity contribution is 0.0492. The molecule has 0 aliphatic carbocycles. The van der Waals surface area contributed by atoms with E-state index >= 15 is 0 Å². The zero-order chi connectivity index (χ0) is 22.4. The summed E-state index contributed by atoms with van der Waals surface area (Å²) in [6.45, 7) is -1.08. The number of anilines is 1. The predicted octanol–water partition coefficient (Wildman–Crippen LogP) is 1.43. The van der Waals surface area contributed by atoms with Gasteiger partial charge in [-0.25, -0.2) is 9.59 Å². The average Bonchev–Trinajstić information content (AvgIpc) is 3.10. The summed E-state index contributed by atoms with van der Waals surface area (Å²) in [7, 11) is -8.51. The molecule has 0 aliphatic heterocycles. The van der Waals surface area contributed by atoms with Crippen LogP contribution in [0.3, 0.4) is 0 Å². The van der Waals surface area contributed by atoms with E-state index in [0.717, 1.165) is 0 Å².